The highest BCUT2D eigenvalue weighted by atomic mass is 32.2. The Kier molecular flexibility index (Phi) is 4.83. The first-order chi connectivity index (χ1) is 14.7. The number of amides is 1. The molecule has 0 radical (unpaired) electrons. The normalized spacial score (nSPS) is 15.9. The largest absolute Gasteiger partial charge is 0.356 e. The van der Waals surface area contributed by atoms with Crippen LogP contribution in [0.4, 0.5) is 4.39 Å². The number of fused-ring (bicyclic) bond motifs is 3. The van der Waals surface area contributed by atoms with Crippen LogP contribution in [0.1, 0.15) is 33.2 Å². The van der Waals surface area contributed by atoms with Crippen LogP contribution in [0.2, 0.25) is 0 Å². The zero-order valence-electron chi connectivity index (χ0n) is 16.6. The molecule has 0 bridgehead atoms. The first-order valence-electron chi connectivity index (χ1n) is 9.95. The van der Waals surface area contributed by atoms with Crippen LogP contribution in [0, 0.1) is 5.82 Å². The van der Waals surface area contributed by atoms with Crippen molar-refractivity contribution >= 4 is 28.6 Å². The molecule has 0 spiro atoms. The SMILES string of the molecule is CSc1ccc([C@@H]2c3[nH]c4ccccc4c3CCN2C(=O)c2ccc(F)cc2)cc1. The summed E-state index contributed by atoms with van der Waals surface area (Å²) in [6.07, 6.45) is 2.83. The second kappa shape index (κ2) is 7.65. The van der Waals surface area contributed by atoms with Gasteiger partial charge in [0, 0.05) is 33.6 Å². The molecule has 3 aromatic carbocycles. The lowest BCUT2D eigenvalue weighted by atomic mass is 9.91. The second-order valence-electron chi connectivity index (χ2n) is 7.49. The maximum absolute atomic E-state index is 13.4. The number of thioether (sulfide) groups is 1. The summed E-state index contributed by atoms with van der Waals surface area (Å²) in [7, 11) is 0. The van der Waals surface area contributed by atoms with Crippen molar-refractivity contribution in [1.29, 1.82) is 0 Å². The topological polar surface area (TPSA) is 36.1 Å². The van der Waals surface area contributed by atoms with Crippen LogP contribution in [0.15, 0.2) is 77.7 Å². The van der Waals surface area contributed by atoms with Gasteiger partial charge >= 0.3 is 0 Å². The highest BCUT2D eigenvalue weighted by molar-refractivity contribution is 7.98. The van der Waals surface area contributed by atoms with Gasteiger partial charge in [0.25, 0.3) is 5.91 Å². The fourth-order valence-electron chi connectivity index (χ4n) is 4.35. The van der Waals surface area contributed by atoms with Gasteiger partial charge in [-0.3, -0.25) is 4.79 Å². The molecule has 0 saturated carbocycles. The molecule has 1 aliphatic rings. The molecular weight excluding hydrogens is 395 g/mol. The van der Waals surface area contributed by atoms with Crippen molar-refractivity contribution in [2.24, 2.45) is 0 Å². The highest BCUT2D eigenvalue weighted by Crippen LogP contribution is 2.39. The van der Waals surface area contributed by atoms with Gasteiger partial charge in [-0.25, -0.2) is 4.39 Å². The molecule has 1 amide bonds. The standard InChI is InChI=1S/C25H21FN2OS/c1-30-19-12-8-16(9-13-19)24-23-21(20-4-2-3-5-22(20)27-23)14-15-28(24)25(29)17-6-10-18(26)11-7-17/h2-13,24,27H,14-15H2,1H3/t24-/m1/s1. The Balaban J connectivity index is 1.64. The van der Waals surface area contributed by atoms with Crippen molar-refractivity contribution in [3.05, 3.63) is 101 Å². The highest BCUT2D eigenvalue weighted by Gasteiger charge is 2.34. The fourth-order valence-corrected chi connectivity index (χ4v) is 4.76. The Morgan fingerprint density at radius 3 is 2.50 bits per heavy atom. The minimum atomic E-state index is -0.340. The van der Waals surface area contributed by atoms with Gasteiger partial charge in [-0.1, -0.05) is 30.3 Å². The van der Waals surface area contributed by atoms with Crippen LogP contribution in [0.25, 0.3) is 10.9 Å². The number of nitrogens with one attached hydrogen (secondary N) is 1. The van der Waals surface area contributed by atoms with Crippen molar-refractivity contribution in [3.63, 3.8) is 0 Å². The lowest BCUT2D eigenvalue weighted by molar-refractivity contribution is 0.0692. The van der Waals surface area contributed by atoms with Crippen LogP contribution in [-0.2, 0) is 6.42 Å². The third-order valence-electron chi connectivity index (χ3n) is 5.82. The number of H-pyrrole nitrogens is 1. The molecule has 5 heteroatoms. The van der Waals surface area contributed by atoms with Crippen molar-refractivity contribution in [2.45, 2.75) is 17.4 Å². The Morgan fingerprint density at radius 1 is 1.03 bits per heavy atom. The summed E-state index contributed by atoms with van der Waals surface area (Å²) < 4.78 is 13.4. The van der Waals surface area contributed by atoms with E-state index in [0.29, 0.717) is 12.1 Å². The summed E-state index contributed by atoms with van der Waals surface area (Å²) >= 11 is 1.70. The Bertz CT molecular complexity index is 1210. The van der Waals surface area contributed by atoms with Crippen molar-refractivity contribution in [1.82, 2.24) is 9.88 Å². The summed E-state index contributed by atoms with van der Waals surface area (Å²) in [6, 6.07) is 22.3. The van der Waals surface area contributed by atoms with E-state index in [1.807, 2.05) is 11.0 Å². The fraction of sp³-hybridized carbons (Fsp3) is 0.160. The van der Waals surface area contributed by atoms with Crippen molar-refractivity contribution in [2.75, 3.05) is 12.8 Å². The number of aromatic nitrogens is 1. The number of halogens is 1. The minimum Gasteiger partial charge on any atom is -0.356 e. The van der Waals surface area contributed by atoms with E-state index in [1.165, 1.54) is 28.0 Å². The Morgan fingerprint density at radius 2 is 1.77 bits per heavy atom. The summed E-state index contributed by atoms with van der Waals surface area (Å²) in [4.78, 5) is 20.1. The van der Waals surface area contributed by atoms with Gasteiger partial charge in [-0.05, 0) is 66.3 Å². The molecule has 1 aliphatic heterocycles. The number of rotatable bonds is 3. The molecule has 1 N–H and O–H groups in total. The molecule has 4 aromatic rings. The van der Waals surface area contributed by atoms with E-state index < -0.39 is 0 Å². The van der Waals surface area contributed by atoms with E-state index in [1.54, 1.807) is 23.9 Å². The molecular formula is C25H21FN2OS. The number of nitrogens with zero attached hydrogens (tertiary/aromatic N) is 1. The molecule has 0 aliphatic carbocycles. The van der Waals surface area contributed by atoms with E-state index >= 15 is 0 Å². The number of carbonyl (C=O) groups excluding carboxylic acids is 1. The predicted octanol–water partition coefficient (Wildman–Crippen LogP) is 5.82. The lowest BCUT2D eigenvalue weighted by Gasteiger charge is -2.36. The van der Waals surface area contributed by atoms with Gasteiger partial charge < -0.3 is 9.88 Å². The second-order valence-corrected chi connectivity index (χ2v) is 8.37. The molecule has 0 saturated heterocycles. The van der Waals surface area contributed by atoms with E-state index in [9.17, 15) is 9.18 Å². The van der Waals surface area contributed by atoms with E-state index in [2.05, 4.69) is 53.7 Å². The number of carbonyl (C=O) groups is 1. The summed E-state index contributed by atoms with van der Waals surface area (Å²) in [5.41, 5.74) is 4.99. The molecule has 1 atom stereocenters. The van der Waals surface area contributed by atoms with E-state index in [-0.39, 0.29) is 17.8 Å². The van der Waals surface area contributed by atoms with Crippen LogP contribution < -0.4 is 0 Å². The third kappa shape index (κ3) is 3.19. The van der Waals surface area contributed by atoms with Gasteiger partial charge in [0.05, 0.1) is 6.04 Å². The minimum absolute atomic E-state index is 0.0850. The molecule has 1 aromatic heterocycles. The Hall–Kier alpha value is -3.05. The number of aromatic amines is 1. The molecule has 0 fully saturated rings. The van der Waals surface area contributed by atoms with Gasteiger partial charge in [-0.15, -0.1) is 11.8 Å². The zero-order chi connectivity index (χ0) is 20.7. The van der Waals surface area contributed by atoms with Crippen LogP contribution in [-0.4, -0.2) is 28.6 Å². The summed E-state index contributed by atoms with van der Waals surface area (Å²) in [5, 5.41) is 1.21. The van der Waals surface area contributed by atoms with Crippen molar-refractivity contribution < 1.29 is 9.18 Å². The van der Waals surface area contributed by atoms with Gasteiger partial charge in [0.15, 0.2) is 0 Å². The molecule has 30 heavy (non-hydrogen) atoms. The number of para-hydroxylation sites is 1. The molecule has 2 heterocycles. The number of hydrogen-bond donors (Lipinski definition) is 1. The smallest absolute Gasteiger partial charge is 0.254 e. The zero-order valence-corrected chi connectivity index (χ0v) is 17.4. The summed E-state index contributed by atoms with van der Waals surface area (Å²) in [6.45, 7) is 0.611. The lowest BCUT2D eigenvalue weighted by Crippen LogP contribution is -2.40. The number of benzene rings is 3. The van der Waals surface area contributed by atoms with Gasteiger partial charge in [-0.2, -0.15) is 0 Å². The third-order valence-corrected chi connectivity index (χ3v) is 6.56. The maximum atomic E-state index is 13.4. The molecule has 150 valence electrons. The molecule has 0 unspecified atom stereocenters. The van der Waals surface area contributed by atoms with Crippen molar-refractivity contribution in [3.8, 4) is 0 Å². The quantitative estimate of drug-likeness (QED) is 0.428. The Labute approximate surface area is 178 Å². The molecule has 5 rings (SSSR count). The van der Waals surface area contributed by atoms with Crippen LogP contribution >= 0.6 is 11.8 Å². The summed E-state index contributed by atoms with van der Waals surface area (Å²) in [5.74, 6) is -0.425. The average molecular weight is 417 g/mol. The van der Waals surface area contributed by atoms with Crippen LogP contribution in [0.5, 0.6) is 0 Å². The monoisotopic (exact) mass is 416 g/mol. The number of hydrogen-bond acceptors (Lipinski definition) is 2. The predicted molar refractivity (Wildman–Crippen MR) is 120 cm³/mol. The van der Waals surface area contributed by atoms with Gasteiger partial charge in [0.2, 0.25) is 0 Å². The van der Waals surface area contributed by atoms with Crippen LogP contribution in [0.3, 0.4) is 0 Å². The van der Waals surface area contributed by atoms with E-state index in [4.69, 9.17) is 0 Å². The van der Waals surface area contributed by atoms with E-state index in [0.717, 1.165) is 23.2 Å². The van der Waals surface area contributed by atoms with Gasteiger partial charge in [0.1, 0.15) is 5.82 Å². The first-order valence-corrected chi connectivity index (χ1v) is 11.2. The molecule has 3 nitrogen and oxygen atoms in total. The first kappa shape index (κ1) is 18.9. The average Bonchev–Trinajstić information content (AvgIpc) is 3.17. The maximum Gasteiger partial charge on any atom is 0.254 e.